The molecule has 0 saturated carbocycles. The number of piperidine rings is 1. The third kappa shape index (κ3) is 3.32. The molecule has 2 saturated heterocycles. The number of benzene rings is 1. The molecule has 138 valence electrons. The van der Waals surface area contributed by atoms with Gasteiger partial charge in [0, 0.05) is 19.0 Å². The molecule has 1 amide bonds. The molecule has 1 atom stereocenters. The van der Waals surface area contributed by atoms with Gasteiger partial charge in [0.05, 0.1) is 16.3 Å². The summed E-state index contributed by atoms with van der Waals surface area (Å²) in [7, 11) is -7.27. The maximum absolute atomic E-state index is 12.9. The molecule has 0 N–H and O–H groups in total. The van der Waals surface area contributed by atoms with Gasteiger partial charge < -0.3 is 0 Å². The van der Waals surface area contributed by atoms with Crippen molar-refractivity contribution in [2.24, 2.45) is 0 Å². The molecule has 0 aliphatic carbocycles. The number of hydrogen-bond donors (Lipinski definition) is 0. The van der Waals surface area contributed by atoms with Crippen molar-refractivity contribution < 1.29 is 21.6 Å². The molecule has 2 aliphatic rings. The number of carbonyl (C=O) groups is 1. The number of hydrogen-bond acceptors (Lipinski definition) is 5. The largest absolute Gasteiger partial charge is 0.273 e. The van der Waals surface area contributed by atoms with Gasteiger partial charge in [0.1, 0.15) is 0 Å². The summed E-state index contributed by atoms with van der Waals surface area (Å²) in [6.07, 6.45) is 3.44. The first-order chi connectivity index (χ1) is 11.8. The Bertz CT molecular complexity index is 862. The maximum atomic E-state index is 12.9. The highest BCUT2D eigenvalue weighted by atomic mass is 32.2. The van der Waals surface area contributed by atoms with Gasteiger partial charge in [-0.2, -0.15) is 4.31 Å². The molecule has 0 unspecified atom stereocenters. The van der Waals surface area contributed by atoms with Gasteiger partial charge in [0.15, 0.2) is 0 Å². The summed E-state index contributed by atoms with van der Waals surface area (Å²) in [5, 5.41) is 0. The van der Waals surface area contributed by atoms with E-state index in [1.807, 2.05) is 6.92 Å². The van der Waals surface area contributed by atoms with Crippen LogP contribution in [-0.4, -0.2) is 45.4 Å². The van der Waals surface area contributed by atoms with Crippen LogP contribution in [0.5, 0.6) is 0 Å². The highest BCUT2D eigenvalue weighted by Gasteiger charge is 2.37. The van der Waals surface area contributed by atoms with Crippen LogP contribution in [0.1, 0.15) is 39.0 Å². The van der Waals surface area contributed by atoms with Crippen LogP contribution in [0.4, 0.5) is 5.69 Å². The molecule has 25 heavy (non-hydrogen) atoms. The van der Waals surface area contributed by atoms with Gasteiger partial charge in [-0.3, -0.25) is 4.79 Å². The van der Waals surface area contributed by atoms with Crippen LogP contribution in [0, 0.1) is 0 Å². The Kier molecular flexibility index (Phi) is 4.91. The monoisotopic (exact) mass is 386 g/mol. The summed E-state index contributed by atoms with van der Waals surface area (Å²) < 4.78 is 52.0. The number of sulfonamides is 2. The van der Waals surface area contributed by atoms with E-state index in [0.717, 1.165) is 30.0 Å². The van der Waals surface area contributed by atoms with Gasteiger partial charge >= 0.3 is 0 Å². The van der Waals surface area contributed by atoms with Gasteiger partial charge in [-0.15, -0.1) is 0 Å². The van der Waals surface area contributed by atoms with E-state index in [9.17, 15) is 21.6 Å². The predicted molar refractivity (Wildman–Crippen MR) is 94.2 cm³/mol. The normalized spacial score (nSPS) is 24.6. The maximum Gasteiger partial charge on any atom is 0.243 e. The van der Waals surface area contributed by atoms with Crippen LogP contribution in [0.2, 0.25) is 0 Å². The van der Waals surface area contributed by atoms with E-state index in [1.54, 1.807) is 4.31 Å². The second kappa shape index (κ2) is 6.69. The number of anilines is 1. The van der Waals surface area contributed by atoms with E-state index in [2.05, 4.69) is 0 Å². The fourth-order valence-electron chi connectivity index (χ4n) is 3.46. The van der Waals surface area contributed by atoms with Crippen molar-refractivity contribution in [1.82, 2.24) is 4.31 Å². The standard InChI is InChI=1S/C16H22N2O5S2/c1-2-13-5-3-4-11-17(13)25(22,23)15-8-6-14(7-9-15)18-16(19)10-12-24(18,20)21/h6-9,13H,2-5,10-12H2,1H3/t13-/m0/s1. The van der Waals surface area contributed by atoms with Crippen LogP contribution in [0.15, 0.2) is 29.2 Å². The highest BCUT2D eigenvalue weighted by molar-refractivity contribution is 7.94. The number of nitrogens with zero attached hydrogens (tertiary/aromatic N) is 2. The van der Waals surface area contributed by atoms with Crippen LogP contribution < -0.4 is 4.31 Å². The fourth-order valence-corrected chi connectivity index (χ4v) is 6.68. The quantitative estimate of drug-likeness (QED) is 0.785. The summed E-state index contributed by atoms with van der Waals surface area (Å²) >= 11 is 0. The lowest BCUT2D eigenvalue weighted by Gasteiger charge is -2.34. The molecule has 0 aromatic heterocycles. The van der Waals surface area contributed by atoms with Crippen LogP contribution in [-0.2, 0) is 24.8 Å². The van der Waals surface area contributed by atoms with Gasteiger partial charge in [0.25, 0.3) is 0 Å². The van der Waals surface area contributed by atoms with Crippen molar-refractivity contribution >= 4 is 31.6 Å². The Morgan fingerprint density at radius 2 is 1.84 bits per heavy atom. The zero-order valence-corrected chi connectivity index (χ0v) is 15.7. The molecule has 3 rings (SSSR count). The van der Waals surface area contributed by atoms with E-state index in [-0.39, 0.29) is 28.8 Å². The molecule has 2 heterocycles. The third-order valence-electron chi connectivity index (χ3n) is 4.80. The van der Waals surface area contributed by atoms with Gasteiger partial charge in [-0.25, -0.2) is 21.1 Å². The molecule has 1 aromatic carbocycles. The minimum atomic E-state index is -3.65. The summed E-state index contributed by atoms with van der Waals surface area (Å²) in [6.45, 7) is 2.48. The average Bonchev–Trinajstić information content (AvgIpc) is 2.87. The molecule has 2 aliphatic heterocycles. The Hall–Kier alpha value is -1.45. The molecular weight excluding hydrogens is 364 g/mol. The first kappa shape index (κ1) is 18.3. The highest BCUT2D eigenvalue weighted by Crippen LogP contribution is 2.30. The lowest BCUT2D eigenvalue weighted by molar-refractivity contribution is -0.116. The van der Waals surface area contributed by atoms with Crippen molar-refractivity contribution in [2.75, 3.05) is 16.6 Å². The first-order valence-corrected chi connectivity index (χ1v) is 11.5. The van der Waals surface area contributed by atoms with Crippen molar-refractivity contribution in [2.45, 2.75) is 50.0 Å². The van der Waals surface area contributed by atoms with Crippen LogP contribution in [0.25, 0.3) is 0 Å². The molecular formula is C16H22N2O5S2. The molecule has 9 heteroatoms. The van der Waals surface area contributed by atoms with Crippen molar-refractivity contribution in [3.8, 4) is 0 Å². The van der Waals surface area contributed by atoms with E-state index >= 15 is 0 Å². The Morgan fingerprint density at radius 3 is 2.40 bits per heavy atom. The lowest BCUT2D eigenvalue weighted by Crippen LogP contribution is -2.43. The first-order valence-electron chi connectivity index (χ1n) is 8.45. The molecule has 0 bridgehead atoms. The minimum Gasteiger partial charge on any atom is -0.273 e. The second-order valence-corrected chi connectivity index (χ2v) is 10.2. The van der Waals surface area contributed by atoms with Gasteiger partial charge in [-0.1, -0.05) is 13.3 Å². The molecule has 0 spiro atoms. The summed E-state index contributed by atoms with van der Waals surface area (Å²) in [4.78, 5) is 11.9. The molecule has 0 radical (unpaired) electrons. The minimum absolute atomic E-state index is 0.000959. The molecule has 1 aromatic rings. The summed E-state index contributed by atoms with van der Waals surface area (Å²) in [5.41, 5.74) is 0.187. The van der Waals surface area contributed by atoms with Gasteiger partial charge in [-0.05, 0) is 43.5 Å². The Morgan fingerprint density at radius 1 is 1.16 bits per heavy atom. The number of rotatable bonds is 4. The average molecular weight is 386 g/mol. The summed E-state index contributed by atoms with van der Waals surface area (Å²) in [5.74, 6) is -0.699. The second-order valence-electron chi connectivity index (χ2n) is 6.39. The fraction of sp³-hybridized carbons (Fsp3) is 0.562. The van der Waals surface area contributed by atoms with Gasteiger partial charge in [0.2, 0.25) is 26.0 Å². The Balaban J connectivity index is 1.90. The van der Waals surface area contributed by atoms with Crippen molar-refractivity contribution in [3.05, 3.63) is 24.3 Å². The van der Waals surface area contributed by atoms with E-state index in [1.165, 1.54) is 24.3 Å². The van der Waals surface area contributed by atoms with Crippen LogP contribution >= 0.6 is 0 Å². The van der Waals surface area contributed by atoms with E-state index < -0.39 is 26.0 Å². The van der Waals surface area contributed by atoms with Crippen molar-refractivity contribution in [3.63, 3.8) is 0 Å². The summed E-state index contributed by atoms with van der Waals surface area (Å²) in [6, 6.07) is 5.54. The Labute approximate surface area is 148 Å². The molecule has 7 nitrogen and oxygen atoms in total. The van der Waals surface area contributed by atoms with E-state index in [0.29, 0.717) is 6.54 Å². The van der Waals surface area contributed by atoms with E-state index in [4.69, 9.17) is 0 Å². The third-order valence-corrected chi connectivity index (χ3v) is 8.46. The number of amides is 1. The smallest absolute Gasteiger partial charge is 0.243 e. The topological polar surface area (TPSA) is 91.8 Å². The van der Waals surface area contributed by atoms with Crippen LogP contribution in [0.3, 0.4) is 0 Å². The lowest BCUT2D eigenvalue weighted by atomic mass is 10.0. The zero-order valence-electron chi connectivity index (χ0n) is 14.1. The molecule has 2 fully saturated rings. The predicted octanol–water partition coefficient (Wildman–Crippen LogP) is 1.71. The zero-order chi connectivity index (χ0) is 18.2. The number of carbonyl (C=O) groups excluding carboxylic acids is 1. The van der Waals surface area contributed by atoms with Crippen molar-refractivity contribution in [1.29, 1.82) is 0 Å². The SMILES string of the molecule is CC[C@H]1CCCCN1S(=O)(=O)c1ccc(N2C(=O)CCS2(=O)=O)cc1.